The maximum atomic E-state index is 5.34. The topological polar surface area (TPSA) is 18.5 Å². The van der Waals surface area contributed by atoms with E-state index in [2.05, 4.69) is 24.3 Å². The smallest absolute Gasteiger partial charge is 0.132 e. The van der Waals surface area contributed by atoms with Crippen molar-refractivity contribution >= 4 is 23.5 Å². The quantitative estimate of drug-likeness (QED) is 0.492. The molecule has 22 heavy (non-hydrogen) atoms. The van der Waals surface area contributed by atoms with E-state index in [1.807, 2.05) is 36.4 Å². The van der Waals surface area contributed by atoms with Gasteiger partial charge in [-0.15, -0.1) is 23.5 Å². The molecule has 0 N–H and O–H groups in total. The lowest BCUT2D eigenvalue weighted by Crippen LogP contribution is -1.86. The Labute approximate surface area is 140 Å². The lowest BCUT2D eigenvalue weighted by atomic mass is 10.3. The summed E-state index contributed by atoms with van der Waals surface area (Å²) in [5.41, 5.74) is 0. The predicted octanol–water partition coefficient (Wildman–Crippen LogP) is 5.14. The van der Waals surface area contributed by atoms with Gasteiger partial charge in [0.15, 0.2) is 0 Å². The minimum atomic E-state index is 0.935. The van der Waals surface area contributed by atoms with Gasteiger partial charge in [0.1, 0.15) is 11.5 Å². The highest BCUT2D eigenvalue weighted by Crippen LogP contribution is 2.30. The molecule has 0 amide bonds. The van der Waals surface area contributed by atoms with Gasteiger partial charge in [0.25, 0.3) is 0 Å². The molecule has 116 valence electrons. The fourth-order valence-corrected chi connectivity index (χ4v) is 3.65. The lowest BCUT2D eigenvalue weighted by Gasteiger charge is -2.06. The molecule has 2 aromatic rings. The largest absolute Gasteiger partial charge is 0.496 e. The number of thioether (sulfide) groups is 2. The van der Waals surface area contributed by atoms with Crippen LogP contribution in [0.5, 0.6) is 11.5 Å². The summed E-state index contributed by atoms with van der Waals surface area (Å²) in [4.78, 5) is 2.35. The third-order valence-corrected chi connectivity index (χ3v) is 4.99. The van der Waals surface area contributed by atoms with Gasteiger partial charge in [-0.3, -0.25) is 0 Å². The summed E-state index contributed by atoms with van der Waals surface area (Å²) in [6.07, 6.45) is 4.39. The molecular formula is C18H20O2S2. The fourth-order valence-electron chi connectivity index (χ4n) is 1.89. The summed E-state index contributed by atoms with van der Waals surface area (Å²) in [6, 6.07) is 16.2. The lowest BCUT2D eigenvalue weighted by molar-refractivity contribution is 0.404. The number of ether oxygens (including phenoxy) is 2. The van der Waals surface area contributed by atoms with Crippen LogP contribution in [0.3, 0.4) is 0 Å². The predicted molar refractivity (Wildman–Crippen MR) is 96.6 cm³/mol. The van der Waals surface area contributed by atoms with Gasteiger partial charge in [-0.2, -0.15) is 0 Å². The summed E-state index contributed by atoms with van der Waals surface area (Å²) in [5.74, 6) is 3.74. The molecule has 0 unspecified atom stereocenters. The minimum absolute atomic E-state index is 0.935. The van der Waals surface area contributed by atoms with Crippen LogP contribution in [0.2, 0.25) is 0 Å². The maximum absolute atomic E-state index is 5.34. The Morgan fingerprint density at radius 2 is 1.14 bits per heavy atom. The first-order valence-electron chi connectivity index (χ1n) is 7.01. The van der Waals surface area contributed by atoms with Crippen molar-refractivity contribution in [3.63, 3.8) is 0 Å². The normalized spacial score (nSPS) is 10.8. The zero-order valence-corrected chi connectivity index (χ0v) is 14.5. The summed E-state index contributed by atoms with van der Waals surface area (Å²) >= 11 is 3.56. The van der Waals surface area contributed by atoms with Crippen molar-refractivity contribution in [2.45, 2.75) is 9.79 Å². The molecule has 0 atom stereocenters. The van der Waals surface area contributed by atoms with E-state index in [9.17, 15) is 0 Å². The molecule has 4 heteroatoms. The number of hydrogen-bond acceptors (Lipinski definition) is 4. The van der Waals surface area contributed by atoms with E-state index in [1.165, 1.54) is 9.79 Å². The van der Waals surface area contributed by atoms with Crippen molar-refractivity contribution in [2.75, 3.05) is 25.7 Å². The summed E-state index contributed by atoms with van der Waals surface area (Å²) in [5, 5.41) is 0. The Balaban J connectivity index is 1.77. The zero-order valence-electron chi connectivity index (χ0n) is 12.8. The van der Waals surface area contributed by atoms with Crippen LogP contribution >= 0.6 is 23.5 Å². The molecule has 0 aromatic heterocycles. The number of hydrogen-bond donors (Lipinski definition) is 0. The van der Waals surface area contributed by atoms with E-state index in [4.69, 9.17) is 9.47 Å². The fraction of sp³-hybridized carbons (Fsp3) is 0.222. The second-order valence-electron chi connectivity index (χ2n) is 4.40. The van der Waals surface area contributed by atoms with Gasteiger partial charge in [-0.05, 0) is 24.3 Å². The average molecular weight is 332 g/mol. The van der Waals surface area contributed by atoms with Crippen LogP contribution in [-0.2, 0) is 0 Å². The van der Waals surface area contributed by atoms with Crippen molar-refractivity contribution < 1.29 is 9.47 Å². The third-order valence-electron chi connectivity index (χ3n) is 2.97. The number of methoxy groups -OCH3 is 2. The first-order chi connectivity index (χ1) is 10.8. The minimum Gasteiger partial charge on any atom is -0.496 e. The van der Waals surface area contributed by atoms with Gasteiger partial charge in [0, 0.05) is 21.3 Å². The molecule has 0 aliphatic rings. The molecule has 0 aliphatic heterocycles. The van der Waals surface area contributed by atoms with E-state index < -0.39 is 0 Å². The van der Waals surface area contributed by atoms with E-state index in [-0.39, 0.29) is 0 Å². The average Bonchev–Trinajstić information content (AvgIpc) is 2.58. The van der Waals surface area contributed by atoms with Gasteiger partial charge in [0.05, 0.1) is 14.2 Å². The van der Waals surface area contributed by atoms with Crippen LogP contribution < -0.4 is 9.47 Å². The third kappa shape index (κ3) is 5.04. The highest BCUT2D eigenvalue weighted by molar-refractivity contribution is 7.99. The van der Waals surface area contributed by atoms with Crippen molar-refractivity contribution in [1.82, 2.24) is 0 Å². The number of rotatable bonds is 8. The van der Waals surface area contributed by atoms with Crippen molar-refractivity contribution in [2.24, 2.45) is 0 Å². The second kappa shape index (κ2) is 9.49. The summed E-state index contributed by atoms with van der Waals surface area (Å²) in [6.45, 7) is 0. The zero-order chi connectivity index (χ0) is 15.6. The molecule has 0 aliphatic carbocycles. The van der Waals surface area contributed by atoms with Crippen molar-refractivity contribution in [3.05, 3.63) is 60.7 Å². The van der Waals surface area contributed by atoms with Crippen LogP contribution in [0, 0.1) is 0 Å². The SMILES string of the molecule is COc1ccccc1SCC=CCSc1ccccc1OC. The molecule has 0 heterocycles. The van der Waals surface area contributed by atoms with Crippen LogP contribution in [-0.4, -0.2) is 25.7 Å². The van der Waals surface area contributed by atoms with Crippen LogP contribution in [0.1, 0.15) is 0 Å². The molecule has 0 radical (unpaired) electrons. The number of para-hydroxylation sites is 2. The molecule has 2 aromatic carbocycles. The van der Waals surface area contributed by atoms with Crippen molar-refractivity contribution in [3.8, 4) is 11.5 Å². The van der Waals surface area contributed by atoms with Gasteiger partial charge < -0.3 is 9.47 Å². The highest BCUT2D eigenvalue weighted by atomic mass is 32.2. The summed E-state index contributed by atoms with van der Waals surface area (Å²) < 4.78 is 10.7. The van der Waals surface area contributed by atoms with E-state index in [0.29, 0.717) is 0 Å². The molecule has 0 fully saturated rings. The Hall–Kier alpha value is -1.52. The molecule has 2 rings (SSSR count). The van der Waals surface area contributed by atoms with Crippen LogP contribution in [0.15, 0.2) is 70.5 Å². The molecule has 0 bridgehead atoms. The monoisotopic (exact) mass is 332 g/mol. The van der Waals surface area contributed by atoms with E-state index in [1.54, 1.807) is 37.7 Å². The Kier molecular flexibility index (Phi) is 7.26. The molecule has 0 spiro atoms. The van der Waals surface area contributed by atoms with Crippen molar-refractivity contribution in [1.29, 1.82) is 0 Å². The van der Waals surface area contributed by atoms with Gasteiger partial charge in [-0.1, -0.05) is 36.4 Å². The first-order valence-corrected chi connectivity index (χ1v) is 8.99. The van der Waals surface area contributed by atoms with Gasteiger partial charge in [-0.25, -0.2) is 0 Å². The van der Waals surface area contributed by atoms with Crippen LogP contribution in [0.4, 0.5) is 0 Å². The maximum Gasteiger partial charge on any atom is 0.132 e. The molecule has 0 saturated heterocycles. The standard InChI is InChI=1S/C18H20O2S2/c1-19-15-9-3-5-11-17(15)21-13-7-8-14-22-18-12-6-4-10-16(18)20-2/h3-12H,13-14H2,1-2H3. The molecular weight excluding hydrogens is 312 g/mol. The van der Waals surface area contributed by atoms with Gasteiger partial charge >= 0.3 is 0 Å². The van der Waals surface area contributed by atoms with Gasteiger partial charge in [0.2, 0.25) is 0 Å². The Morgan fingerprint density at radius 3 is 1.55 bits per heavy atom. The number of benzene rings is 2. The second-order valence-corrected chi connectivity index (χ2v) is 6.52. The highest BCUT2D eigenvalue weighted by Gasteiger charge is 2.01. The van der Waals surface area contributed by atoms with Crippen LogP contribution in [0.25, 0.3) is 0 Å². The molecule has 0 saturated carbocycles. The molecule has 2 nitrogen and oxygen atoms in total. The van der Waals surface area contributed by atoms with E-state index >= 15 is 0 Å². The Morgan fingerprint density at radius 1 is 0.727 bits per heavy atom. The first kappa shape index (κ1) is 16.8. The van der Waals surface area contributed by atoms with E-state index in [0.717, 1.165) is 23.0 Å². The Bertz CT molecular complexity index is 558. The summed E-state index contributed by atoms with van der Waals surface area (Å²) in [7, 11) is 3.41.